The number of aromatic nitrogens is 1. The number of nitrogens with two attached hydrogens (primary N) is 1. The topological polar surface area (TPSA) is 59.2 Å². The summed E-state index contributed by atoms with van der Waals surface area (Å²) < 4.78 is 0.923. The van der Waals surface area contributed by atoms with E-state index < -0.39 is 0 Å². The first-order chi connectivity index (χ1) is 7.09. The molecule has 2 N–H and O–H groups in total. The Kier molecular flexibility index (Phi) is 2.75. The van der Waals surface area contributed by atoms with E-state index in [4.69, 9.17) is 5.73 Å². The van der Waals surface area contributed by atoms with Crippen LogP contribution in [0.3, 0.4) is 0 Å². The van der Waals surface area contributed by atoms with Gasteiger partial charge in [0.2, 0.25) is 5.91 Å². The van der Waals surface area contributed by atoms with Crippen LogP contribution in [0.15, 0.2) is 22.8 Å². The Bertz CT molecular complexity index is 379. The highest BCUT2D eigenvalue weighted by atomic mass is 79.9. The molecule has 2 atom stereocenters. The SMILES string of the molecule is CN1C(=O)CC(N)C1c1ccc(Br)cn1. The third-order valence-electron chi connectivity index (χ3n) is 2.68. The normalized spacial score (nSPS) is 26.1. The Balaban J connectivity index is 2.30. The zero-order valence-corrected chi connectivity index (χ0v) is 9.94. The lowest BCUT2D eigenvalue weighted by atomic mass is 10.1. The average Bonchev–Trinajstić information content (AvgIpc) is 2.44. The summed E-state index contributed by atoms with van der Waals surface area (Å²) in [4.78, 5) is 17.4. The summed E-state index contributed by atoms with van der Waals surface area (Å²) in [5, 5.41) is 0. The Labute approximate surface area is 96.6 Å². The summed E-state index contributed by atoms with van der Waals surface area (Å²) in [5.74, 6) is 0.0808. The van der Waals surface area contributed by atoms with Crippen LogP contribution >= 0.6 is 15.9 Å². The lowest BCUT2D eigenvalue weighted by molar-refractivity contribution is -0.127. The zero-order valence-electron chi connectivity index (χ0n) is 8.35. The first-order valence-corrected chi connectivity index (χ1v) is 5.51. The summed E-state index contributed by atoms with van der Waals surface area (Å²) in [6.07, 6.45) is 2.12. The van der Waals surface area contributed by atoms with Crippen LogP contribution in [-0.4, -0.2) is 28.9 Å². The van der Waals surface area contributed by atoms with Gasteiger partial charge in [-0.05, 0) is 28.1 Å². The fraction of sp³-hybridized carbons (Fsp3) is 0.400. The molecule has 0 saturated carbocycles. The van der Waals surface area contributed by atoms with Crippen molar-refractivity contribution in [1.29, 1.82) is 0 Å². The number of halogens is 1. The molecule has 2 heterocycles. The molecule has 0 aliphatic carbocycles. The summed E-state index contributed by atoms with van der Waals surface area (Å²) >= 11 is 3.32. The number of rotatable bonds is 1. The first-order valence-electron chi connectivity index (χ1n) is 4.72. The van der Waals surface area contributed by atoms with Crippen molar-refractivity contribution in [2.24, 2.45) is 5.73 Å². The molecule has 0 radical (unpaired) electrons. The summed E-state index contributed by atoms with van der Waals surface area (Å²) in [7, 11) is 1.77. The van der Waals surface area contributed by atoms with Crippen LogP contribution in [0.4, 0.5) is 0 Å². The van der Waals surface area contributed by atoms with Crippen molar-refractivity contribution >= 4 is 21.8 Å². The highest BCUT2D eigenvalue weighted by molar-refractivity contribution is 9.10. The van der Waals surface area contributed by atoms with E-state index in [0.717, 1.165) is 10.2 Å². The van der Waals surface area contributed by atoms with Crippen molar-refractivity contribution in [3.63, 3.8) is 0 Å². The van der Waals surface area contributed by atoms with Crippen LogP contribution in [0.2, 0.25) is 0 Å². The minimum absolute atomic E-state index is 0.0808. The van der Waals surface area contributed by atoms with Crippen molar-refractivity contribution in [2.45, 2.75) is 18.5 Å². The number of likely N-dealkylation sites (tertiary alicyclic amines) is 1. The van der Waals surface area contributed by atoms with Crippen LogP contribution < -0.4 is 5.73 Å². The van der Waals surface area contributed by atoms with E-state index >= 15 is 0 Å². The molecule has 15 heavy (non-hydrogen) atoms. The number of likely N-dealkylation sites (N-methyl/N-ethyl adjacent to an activating group) is 1. The van der Waals surface area contributed by atoms with Gasteiger partial charge in [-0.1, -0.05) is 0 Å². The molecule has 5 heteroatoms. The fourth-order valence-corrected chi connectivity index (χ4v) is 2.11. The number of hydrogen-bond donors (Lipinski definition) is 1. The fourth-order valence-electron chi connectivity index (χ4n) is 1.88. The standard InChI is InChI=1S/C10H12BrN3O/c1-14-9(15)4-7(12)10(14)8-3-2-6(11)5-13-8/h2-3,5,7,10H,4,12H2,1H3. The Morgan fingerprint density at radius 1 is 1.60 bits per heavy atom. The minimum atomic E-state index is -0.156. The second-order valence-corrected chi connectivity index (χ2v) is 4.63. The Morgan fingerprint density at radius 3 is 2.80 bits per heavy atom. The largest absolute Gasteiger partial charge is 0.335 e. The smallest absolute Gasteiger partial charge is 0.224 e. The molecule has 1 fully saturated rings. The molecule has 0 bridgehead atoms. The average molecular weight is 270 g/mol. The highest BCUT2D eigenvalue weighted by Crippen LogP contribution is 2.29. The lowest BCUT2D eigenvalue weighted by Crippen LogP contribution is -2.30. The predicted octanol–water partition coefficient (Wildman–Crippen LogP) is 1.07. The number of carbonyl (C=O) groups excluding carboxylic acids is 1. The van der Waals surface area contributed by atoms with E-state index in [2.05, 4.69) is 20.9 Å². The summed E-state index contributed by atoms with van der Waals surface area (Å²) in [5.41, 5.74) is 6.76. The zero-order chi connectivity index (χ0) is 11.0. The molecular formula is C10H12BrN3O. The lowest BCUT2D eigenvalue weighted by Gasteiger charge is -2.22. The van der Waals surface area contributed by atoms with Gasteiger partial charge in [-0.3, -0.25) is 9.78 Å². The van der Waals surface area contributed by atoms with Gasteiger partial charge in [-0.15, -0.1) is 0 Å². The van der Waals surface area contributed by atoms with Crippen molar-refractivity contribution in [3.05, 3.63) is 28.5 Å². The molecule has 1 saturated heterocycles. The van der Waals surface area contributed by atoms with Crippen LogP contribution in [0.5, 0.6) is 0 Å². The molecule has 1 amide bonds. The molecule has 80 valence electrons. The molecule has 1 aliphatic rings. The first kappa shape index (κ1) is 10.6. The molecular weight excluding hydrogens is 258 g/mol. The molecule has 0 spiro atoms. The molecule has 1 aromatic heterocycles. The van der Waals surface area contributed by atoms with Gasteiger partial charge in [0.1, 0.15) is 0 Å². The van der Waals surface area contributed by atoms with Crippen molar-refractivity contribution < 1.29 is 4.79 Å². The third-order valence-corrected chi connectivity index (χ3v) is 3.15. The number of pyridine rings is 1. The molecule has 4 nitrogen and oxygen atoms in total. The van der Waals surface area contributed by atoms with Gasteiger partial charge in [-0.25, -0.2) is 0 Å². The van der Waals surface area contributed by atoms with Gasteiger partial charge in [0.15, 0.2) is 0 Å². The summed E-state index contributed by atoms with van der Waals surface area (Å²) in [6.45, 7) is 0. The van der Waals surface area contributed by atoms with E-state index in [1.165, 1.54) is 0 Å². The van der Waals surface area contributed by atoms with Crippen molar-refractivity contribution in [2.75, 3.05) is 7.05 Å². The number of nitrogens with zero attached hydrogens (tertiary/aromatic N) is 2. The van der Waals surface area contributed by atoms with E-state index in [1.54, 1.807) is 18.1 Å². The van der Waals surface area contributed by atoms with Gasteiger partial charge >= 0.3 is 0 Å². The second-order valence-electron chi connectivity index (χ2n) is 3.72. The van der Waals surface area contributed by atoms with Gasteiger partial charge in [-0.2, -0.15) is 0 Å². The van der Waals surface area contributed by atoms with Gasteiger partial charge in [0.25, 0.3) is 0 Å². The van der Waals surface area contributed by atoms with Crippen LogP contribution in [0, 0.1) is 0 Å². The Morgan fingerprint density at radius 2 is 2.33 bits per heavy atom. The van der Waals surface area contributed by atoms with E-state index in [0.29, 0.717) is 6.42 Å². The molecule has 1 aliphatic heterocycles. The monoisotopic (exact) mass is 269 g/mol. The van der Waals surface area contributed by atoms with Gasteiger partial charge in [0, 0.05) is 30.2 Å². The number of hydrogen-bond acceptors (Lipinski definition) is 3. The maximum absolute atomic E-state index is 11.4. The maximum atomic E-state index is 11.4. The van der Waals surface area contributed by atoms with E-state index in [1.807, 2.05) is 12.1 Å². The molecule has 2 rings (SSSR count). The maximum Gasteiger partial charge on any atom is 0.224 e. The minimum Gasteiger partial charge on any atom is -0.335 e. The summed E-state index contributed by atoms with van der Waals surface area (Å²) in [6, 6.07) is 3.55. The van der Waals surface area contributed by atoms with Crippen molar-refractivity contribution in [1.82, 2.24) is 9.88 Å². The number of carbonyl (C=O) groups is 1. The predicted molar refractivity (Wildman–Crippen MR) is 60.0 cm³/mol. The van der Waals surface area contributed by atoms with Crippen LogP contribution in [0.25, 0.3) is 0 Å². The quantitative estimate of drug-likeness (QED) is 0.830. The highest BCUT2D eigenvalue weighted by Gasteiger charge is 2.36. The van der Waals surface area contributed by atoms with Gasteiger partial charge in [0.05, 0.1) is 11.7 Å². The van der Waals surface area contributed by atoms with E-state index in [9.17, 15) is 4.79 Å². The molecule has 2 unspecified atom stereocenters. The van der Waals surface area contributed by atoms with E-state index in [-0.39, 0.29) is 18.0 Å². The number of amides is 1. The van der Waals surface area contributed by atoms with Crippen LogP contribution in [-0.2, 0) is 4.79 Å². The Hall–Kier alpha value is -0.940. The second kappa shape index (κ2) is 3.90. The third kappa shape index (κ3) is 1.89. The molecule has 0 aromatic carbocycles. The molecule has 1 aromatic rings. The van der Waals surface area contributed by atoms with Crippen molar-refractivity contribution in [3.8, 4) is 0 Å². The van der Waals surface area contributed by atoms with Gasteiger partial charge < -0.3 is 10.6 Å². The van der Waals surface area contributed by atoms with Crippen LogP contribution in [0.1, 0.15) is 18.2 Å².